The van der Waals surface area contributed by atoms with Crippen LogP contribution in [0.25, 0.3) is 0 Å². The highest BCUT2D eigenvalue weighted by Crippen LogP contribution is 2.39. The van der Waals surface area contributed by atoms with Gasteiger partial charge in [0.25, 0.3) is 0 Å². The van der Waals surface area contributed by atoms with Gasteiger partial charge in [0.2, 0.25) is 5.91 Å². The van der Waals surface area contributed by atoms with Crippen LogP contribution in [0.15, 0.2) is 35.8 Å². The van der Waals surface area contributed by atoms with E-state index < -0.39 is 18.0 Å². The topological polar surface area (TPSA) is 125 Å². The van der Waals surface area contributed by atoms with E-state index in [4.69, 9.17) is 10.8 Å². The molecule has 0 bridgehead atoms. The van der Waals surface area contributed by atoms with Crippen molar-refractivity contribution in [1.82, 2.24) is 4.90 Å². The quantitative estimate of drug-likeness (QED) is 0.488. The number of fused-ring (bicyclic) bond motifs is 1. The molecule has 0 aliphatic carbocycles. The SMILES string of the molecule is NC1C(=O)N2C(C(=O)O)=C(C[n+]3ccc(C(=O)O)cc3)CSC12. The number of aromatic carboxylic acids is 1. The van der Waals surface area contributed by atoms with Crippen molar-refractivity contribution in [3.63, 3.8) is 0 Å². The van der Waals surface area contributed by atoms with Crippen molar-refractivity contribution in [2.24, 2.45) is 5.73 Å². The lowest BCUT2D eigenvalue weighted by molar-refractivity contribution is -0.689. The molecule has 120 valence electrons. The van der Waals surface area contributed by atoms with E-state index in [1.807, 2.05) is 0 Å². The Morgan fingerprint density at radius 3 is 2.52 bits per heavy atom. The maximum Gasteiger partial charge on any atom is 0.352 e. The number of carbonyl (C=O) groups excluding carboxylic acids is 1. The van der Waals surface area contributed by atoms with Crippen LogP contribution in [-0.4, -0.2) is 50.1 Å². The summed E-state index contributed by atoms with van der Waals surface area (Å²) in [5.74, 6) is -2.12. The van der Waals surface area contributed by atoms with E-state index in [9.17, 15) is 19.5 Å². The molecule has 8 nitrogen and oxygen atoms in total. The molecule has 1 aromatic heterocycles. The molecule has 2 aliphatic rings. The van der Waals surface area contributed by atoms with Crippen LogP contribution in [0.1, 0.15) is 10.4 Å². The molecule has 4 N–H and O–H groups in total. The summed E-state index contributed by atoms with van der Waals surface area (Å²) in [5.41, 5.74) is 6.41. The van der Waals surface area contributed by atoms with Gasteiger partial charge in [0, 0.05) is 23.5 Å². The molecule has 1 amide bonds. The molecule has 1 saturated heterocycles. The van der Waals surface area contributed by atoms with Gasteiger partial charge >= 0.3 is 11.9 Å². The summed E-state index contributed by atoms with van der Waals surface area (Å²) in [6.07, 6.45) is 3.13. The standard InChI is InChI=1S/C14H13N3O5S/c15-9-11(18)17-10(14(21)22)8(6-23-12(9)17)5-16-3-1-7(2-4-16)13(19)20/h1-4,9,12H,5-6,15H2,(H-,19,20,21,22)/p+1. The van der Waals surface area contributed by atoms with E-state index >= 15 is 0 Å². The van der Waals surface area contributed by atoms with Crippen molar-refractivity contribution in [2.75, 3.05) is 5.75 Å². The Labute approximate surface area is 135 Å². The number of thioether (sulfide) groups is 1. The van der Waals surface area contributed by atoms with Crippen LogP contribution in [0.4, 0.5) is 0 Å². The average Bonchev–Trinajstić information content (AvgIpc) is 2.53. The highest BCUT2D eigenvalue weighted by molar-refractivity contribution is 8.00. The molecule has 3 heterocycles. The summed E-state index contributed by atoms with van der Waals surface area (Å²) in [6, 6.07) is 2.22. The van der Waals surface area contributed by atoms with E-state index in [0.717, 1.165) is 0 Å². The van der Waals surface area contributed by atoms with Gasteiger partial charge in [-0.1, -0.05) is 0 Å². The van der Waals surface area contributed by atoms with Crippen LogP contribution in [0.2, 0.25) is 0 Å². The number of amides is 1. The molecule has 0 spiro atoms. The maximum atomic E-state index is 11.8. The van der Waals surface area contributed by atoms with E-state index in [0.29, 0.717) is 11.3 Å². The lowest BCUT2D eigenvalue weighted by Crippen LogP contribution is -2.68. The van der Waals surface area contributed by atoms with Gasteiger partial charge in [-0.2, -0.15) is 0 Å². The minimum absolute atomic E-state index is 0.0183. The number of aliphatic carboxylic acids is 1. The molecule has 2 atom stereocenters. The van der Waals surface area contributed by atoms with Crippen molar-refractivity contribution in [2.45, 2.75) is 18.0 Å². The lowest BCUT2D eigenvalue weighted by Gasteiger charge is -2.47. The molecule has 23 heavy (non-hydrogen) atoms. The summed E-state index contributed by atoms with van der Waals surface area (Å²) < 4.78 is 1.68. The Morgan fingerprint density at radius 2 is 1.96 bits per heavy atom. The Kier molecular flexibility index (Phi) is 3.82. The number of carbonyl (C=O) groups is 3. The molecule has 3 rings (SSSR count). The average molecular weight is 336 g/mol. The molecule has 0 aromatic carbocycles. The van der Waals surface area contributed by atoms with E-state index in [1.54, 1.807) is 17.0 Å². The highest BCUT2D eigenvalue weighted by Gasteiger charge is 2.52. The summed E-state index contributed by atoms with van der Waals surface area (Å²) in [7, 11) is 0. The van der Waals surface area contributed by atoms with Crippen molar-refractivity contribution >= 4 is 29.6 Å². The zero-order chi connectivity index (χ0) is 16.7. The van der Waals surface area contributed by atoms with Crippen molar-refractivity contribution in [1.29, 1.82) is 0 Å². The second kappa shape index (κ2) is 5.67. The number of aromatic nitrogens is 1. The van der Waals surface area contributed by atoms with Gasteiger partial charge in [-0.3, -0.25) is 9.69 Å². The predicted molar refractivity (Wildman–Crippen MR) is 79.3 cm³/mol. The van der Waals surface area contributed by atoms with Crippen molar-refractivity contribution in [3.8, 4) is 0 Å². The van der Waals surface area contributed by atoms with Crippen LogP contribution < -0.4 is 10.3 Å². The minimum atomic E-state index is -1.16. The fraction of sp³-hybridized carbons (Fsp3) is 0.286. The molecule has 2 aliphatic heterocycles. The minimum Gasteiger partial charge on any atom is -0.478 e. The zero-order valence-corrected chi connectivity index (χ0v) is 12.7. The van der Waals surface area contributed by atoms with Gasteiger partial charge in [-0.15, -0.1) is 11.8 Å². The number of nitrogens with zero attached hydrogens (tertiary/aromatic N) is 2. The normalized spacial score (nSPS) is 23.3. The zero-order valence-electron chi connectivity index (χ0n) is 11.9. The largest absolute Gasteiger partial charge is 0.478 e. The van der Waals surface area contributed by atoms with Crippen LogP contribution in [0.5, 0.6) is 0 Å². The monoisotopic (exact) mass is 336 g/mol. The summed E-state index contributed by atoms with van der Waals surface area (Å²) >= 11 is 1.43. The number of carboxylic acids is 2. The molecule has 1 fully saturated rings. The first-order valence-electron chi connectivity index (χ1n) is 6.78. The molecule has 0 radical (unpaired) electrons. The smallest absolute Gasteiger partial charge is 0.352 e. The van der Waals surface area contributed by atoms with Gasteiger partial charge in [0.05, 0.1) is 5.56 Å². The highest BCUT2D eigenvalue weighted by atomic mass is 32.2. The molecular weight excluding hydrogens is 322 g/mol. The van der Waals surface area contributed by atoms with Crippen LogP contribution >= 0.6 is 11.8 Å². The first-order valence-corrected chi connectivity index (χ1v) is 7.83. The molecule has 9 heteroatoms. The summed E-state index contributed by atoms with van der Waals surface area (Å²) in [6.45, 7) is 0.264. The van der Waals surface area contributed by atoms with Crippen LogP contribution in [0, 0.1) is 0 Å². The number of carboxylic acid groups (broad SMARTS) is 2. The molecule has 0 saturated carbocycles. The number of hydrogen-bond acceptors (Lipinski definition) is 5. The predicted octanol–water partition coefficient (Wildman–Crippen LogP) is -0.747. The van der Waals surface area contributed by atoms with Crippen molar-refractivity contribution < 1.29 is 29.2 Å². The summed E-state index contributed by atoms with van der Waals surface area (Å²) in [5, 5.41) is 18.0. The summed E-state index contributed by atoms with van der Waals surface area (Å²) in [4.78, 5) is 35.5. The Hall–Kier alpha value is -2.39. The first-order chi connectivity index (χ1) is 10.9. The van der Waals surface area contributed by atoms with Crippen LogP contribution in [0.3, 0.4) is 0 Å². The van der Waals surface area contributed by atoms with E-state index in [1.165, 1.54) is 28.8 Å². The van der Waals surface area contributed by atoms with Gasteiger partial charge in [0.15, 0.2) is 18.9 Å². The Bertz CT molecular complexity index is 730. The molecular formula is C14H14N3O5S+. The number of hydrogen-bond donors (Lipinski definition) is 3. The third kappa shape index (κ3) is 2.57. The maximum absolute atomic E-state index is 11.8. The third-order valence-corrected chi connectivity index (χ3v) is 5.16. The lowest BCUT2D eigenvalue weighted by atomic mass is 10.0. The third-order valence-electron chi connectivity index (χ3n) is 3.80. The van der Waals surface area contributed by atoms with E-state index in [-0.39, 0.29) is 29.1 Å². The van der Waals surface area contributed by atoms with E-state index in [2.05, 4.69) is 0 Å². The second-order valence-corrected chi connectivity index (χ2v) is 6.36. The van der Waals surface area contributed by atoms with Crippen LogP contribution in [-0.2, 0) is 16.1 Å². The molecule has 2 unspecified atom stereocenters. The second-order valence-electron chi connectivity index (χ2n) is 5.26. The van der Waals surface area contributed by atoms with Gasteiger partial charge in [-0.05, 0) is 0 Å². The van der Waals surface area contributed by atoms with Gasteiger partial charge in [0.1, 0.15) is 17.1 Å². The number of pyridine rings is 1. The van der Waals surface area contributed by atoms with Gasteiger partial charge in [-0.25, -0.2) is 14.2 Å². The van der Waals surface area contributed by atoms with Crippen molar-refractivity contribution in [3.05, 3.63) is 41.4 Å². The number of rotatable bonds is 4. The Morgan fingerprint density at radius 1 is 1.30 bits per heavy atom. The first kappa shape index (κ1) is 15.5. The number of nitrogens with two attached hydrogens (primary N) is 1. The fourth-order valence-electron chi connectivity index (χ4n) is 2.63. The fourth-order valence-corrected chi connectivity index (χ4v) is 3.91. The van der Waals surface area contributed by atoms with Gasteiger partial charge < -0.3 is 15.9 Å². The number of β-lactam (4-membered cyclic amide) rings is 1. The Balaban J connectivity index is 1.89. The molecule has 1 aromatic rings.